The lowest BCUT2D eigenvalue weighted by atomic mass is 10.1. The molecule has 0 atom stereocenters. The zero-order chi connectivity index (χ0) is 12.5. The second kappa shape index (κ2) is 4.14. The maximum Gasteiger partial charge on any atom is 0.244 e. The van der Waals surface area contributed by atoms with Gasteiger partial charge in [-0.3, -0.25) is 9.78 Å². The number of nitrogens with one attached hydrogen (secondary N) is 1. The quantitative estimate of drug-likeness (QED) is 0.831. The van der Waals surface area contributed by atoms with Crippen molar-refractivity contribution in [3.63, 3.8) is 0 Å². The van der Waals surface area contributed by atoms with Crippen LogP contribution in [0.5, 0.6) is 0 Å². The normalized spacial score (nSPS) is 14.1. The van der Waals surface area contributed by atoms with Crippen LogP contribution in [-0.4, -0.2) is 17.4 Å². The van der Waals surface area contributed by atoms with Gasteiger partial charge in [0.1, 0.15) is 6.54 Å². The van der Waals surface area contributed by atoms with Crippen molar-refractivity contribution in [2.45, 2.75) is 6.92 Å². The van der Waals surface area contributed by atoms with Crippen molar-refractivity contribution in [1.82, 2.24) is 4.98 Å². The van der Waals surface area contributed by atoms with Gasteiger partial charge < -0.3 is 10.2 Å². The number of fused-ring (bicyclic) bond motifs is 1. The molecule has 2 aromatic rings. The number of hydrogen-bond acceptors (Lipinski definition) is 3. The van der Waals surface area contributed by atoms with Gasteiger partial charge in [0.05, 0.1) is 23.3 Å². The number of pyridine rings is 1. The molecule has 18 heavy (non-hydrogen) atoms. The molecule has 1 N–H and O–H groups in total. The summed E-state index contributed by atoms with van der Waals surface area (Å²) in [5.74, 6) is -0.00444. The SMILES string of the molecule is Cc1cncc(N2CC(=O)Nc3ccccc32)c1. The molecule has 0 aliphatic carbocycles. The number of anilines is 3. The average molecular weight is 239 g/mol. The molecule has 3 rings (SSSR count). The summed E-state index contributed by atoms with van der Waals surface area (Å²) in [5.41, 5.74) is 3.87. The van der Waals surface area contributed by atoms with Crippen molar-refractivity contribution in [3.8, 4) is 0 Å². The van der Waals surface area contributed by atoms with E-state index in [1.165, 1.54) is 0 Å². The Kier molecular flexibility index (Phi) is 2.48. The molecule has 0 unspecified atom stereocenters. The molecule has 4 nitrogen and oxygen atoms in total. The van der Waals surface area contributed by atoms with Gasteiger partial charge >= 0.3 is 0 Å². The molecule has 0 bridgehead atoms. The number of aromatic nitrogens is 1. The zero-order valence-corrected chi connectivity index (χ0v) is 10.1. The molecule has 0 spiro atoms. The standard InChI is InChI=1S/C14H13N3O/c1-10-6-11(8-15-7-10)17-9-14(18)16-12-4-2-3-5-13(12)17/h2-8H,9H2,1H3,(H,16,18). The third kappa shape index (κ3) is 1.82. The number of aryl methyl sites for hydroxylation is 1. The Morgan fingerprint density at radius 1 is 1.28 bits per heavy atom. The molecule has 0 radical (unpaired) electrons. The fourth-order valence-corrected chi connectivity index (χ4v) is 2.15. The molecule has 1 aromatic carbocycles. The van der Waals surface area contributed by atoms with Gasteiger partial charge in [0.2, 0.25) is 5.91 Å². The number of nitrogens with zero attached hydrogens (tertiary/aromatic N) is 2. The Labute approximate surface area is 105 Å². The Hall–Kier alpha value is -2.36. The highest BCUT2D eigenvalue weighted by molar-refractivity contribution is 6.03. The Bertz CT molecular complexity index is 609. The predicted octanol–water partition coefficient (Wildman–Crippen LogP) is 2.48. The summed E-state index contributed by atoms with van der Waals surface area (Å²) in [7, 11) is 0. The fourth-order valence-electron chi connectivity index (χ4n) is 2.15. The van der Waals surface area contributed by atoms with Crippen LogP contribution < -0.4 is 10.2 Å². The first-order chi connectivity index (χ1) is 8.74. The molecule has 1 amide bonds. The van der Waals surface area contributed by atoms with Crippen LogP contribution in [0.4, 0.5) is 17.1 Å². The molecular weight excluding hydrogens is 226 g/mol. The maximum absolute atomic E-state index is 11.7. The number of benzene rings is 1. The topological polar surface area (TPSA) is 45.2 Å². The van der Waals surface area contributed by atoms with E-state index < -0.39 is 0 Å². The van der Waals surface area contributed by atoms with E-state index in [0.717, 1.165) is 22.6 Å². The monoisotopic (exact) mass is 239 g/mol. The third-order valence-electron chi connectivity index (χ3n) is 2.94. The van der Waals surface area contributed by atoms with E-state index in [4.69, 9.17) is 0 Å². The van der Waals surface area contributed by atoms with E-state index in [-0.39, 0.29) is 5.91 Å². The van der Waals surface area contributed by atoms with E-state index in [9.17, 15) is 4.79 Å². The smallest absolute Gasteiger partial charge is 0.244 e. The van der Waals surface area contributed by atoms with Crippen molar-refractivity contribution in [3.05, 3.63) is 48.3 Å². The van der Waals surface area contributed by atoms with Crippen LogP contribution in [0.2, 0.25) is 0 Å². The van der Waals surface area contributed by atoms with Gasteiger partial charge in [-0.1, -0.05) is 12.1 Å². The fraction of sp³-hybridized carbons (Fsp3) is 0.143. The van der Waals surface area contributed by atoms with Gasteiger partial charge in [-0.15, -0.1) is 0 Å². The summed E-state index contributed by atoms with van der Waals surface area (Å²) in [4.78, 5) is 17.9. The molecule has 2 heterocycles. The molecule has 0 saturated heterocycles. The predicted molar refractivity (Wildman–Crippen MR) is 71.1 cm³/mol. The summed E-state index contributed by atoms with van der Waals surface area (Å²) in [6, 6.07) is 9.81. The highest BCUT2D eigenvalue weighted by Crippen LogP contribution is 2.34. The Morgan fingerprint density at radius 3 is 2.94 bits per heavy atom. The van der Waals surface area contributed by atoms with Gasteiger partial charge in [-0.25, -0.2) is 0 Å². The molecule has 0 fully saturated rings. The van der Waals surface area contributed by atoms with Gasteiger partial charge in [0.25, 0.3) is 0 Å². The van der Waals surface area contributed by atoms with Crippen LogP contribution in [0.1, 0.15) is 5.56 Å². The van der Waals surface area contributed by atoms with Crippen molar-refractivity contribution in [2.24, 2.45) is 0 Å². The van der Waals surface area contributed by atoms with Crippen molar-refractivity contribution >= 4 is 23.0 Å². The number of carbonyl (C=O) groups is 1. The van der Waals surface area contributed by atoms with Crippen LogP contribution in [0.3, 0.4) is 0 Å². The first kappa shape index (κ1) is 10.8. The third-order valence-corrected chi connectivity index (χ3v) is 2.94. The lowest BCUT2D eigenvalue weighted by molar-refractivity contribution is -0.115. The number of hydrogen-bond donors (Lipinski definition) is 1. The average Bonchev–Trinajstić information content (AvgIpc) is 2.37. The molecule has 1 aliphatic rings. The number of carbonyl (C=O) groups excluding carboxylic acids is 1. The minimum atomic E-state index is -0.00444. The van der Waals surface area contributed by atoms with E-state index in [1.54, 1.807) is 12.4 Å². The first-order valence-corrected chi connectivity index (χ1v) is 5.82. The molecular formula is C14H13N3O. The van der Waals surface area contributed by atoms with Crippen LogP contribution in [0.15, 0.2) is 42.7 Å². The molecule has 1 aliphatic heterocycles. The largest absolute Gasteiger partial charge is 0.329 e. The summed E-state index contributed by atoms with van der Waals surface area (Å²) < 4.78 is 0. The van der Waals surface area contributed by atoms with Gasteiger partial charge in [-0.2, -0.15) is 0 Å². The molecule has 0 saturated carbocycles. The number of para-hydroxylation sites is 2. The van der Waals surface area contributed by atoms with Crippen molar-refractivity contribution in [1.29, 1.82) is 0 Å². The number of rotatable bonds is 1. The van der Waals surface area contributed by atoms with Crippen molar-refractivity contribution in [2.75, 3.05) is 16.8 Å². The van der Waals surface area contributed by atoms with Crippen LogP contribution >= 0.6 is 0 Å². The summed E-state index contributed by atoms with van der Waals surface area (Å²) >= 11 is 0. The Balaban J connectivity index is 2.10. The highest BCUT2D eigenvalue weighted by Gasteiger charge is 2.22. The minimum Gasteiger partial charge on any atom is -0.329 e. The lowest BCUT2D eigenvalue weighted by Gasteiger charge is -2.30. The molecule has 1 aromatic heterocycles. The van der Waals surface area contributed by atoms with Crippen LogP contribution in [-0.2, 0) is 4.79 Å². The van der Waals surface area contributed by atoms with Gasteiger partial charge in [-0.05, 0) is 30.7 Å². The highest BCUT2D eigenvalue weighted by atomic mass is 16.2. The first-order valence-electron chi connectivity index (χ1n) is 5.82. The van der Waals surface area contributed by atoms with E-state index in [1.807, 2.05) is 42.2 Å². The second-order valence-corrected chi connectivity index (χ2v) is 4.37. The molecule has 4 heteroatoms. The summed E-state index contributed by atoms with van der Waals surface area (Å²) in [6.07, 6.45) is 3.59. The van der Waals surface area contributed by atoms with Crippen LogP contribution in [0, 0.1) is 6.92 Å². The second-order valence-electron chi connectivity index (χ2n) is 4.37. The molecule has 90 valence electrons. The summed E-state index contributed by atoms with van der Waals surface area (Å²) in [5, 5.41) is 2.87. The lowest BCUT2D eigenvalue weighted by Crippen LogP contribution is -2.35. The van der Waals surface area contributed by atoms with Gasteiger partial charge in [0, 0.05) is 6.20 Å². The zero-order valence-electron chi connectivity index (χ0n) is 10.1. The van der Waals surface area contributed by atoms with E-state index in [0.29, 0.717) is 6.54 Å². The number of amides is 1. The minimum absolute atomic E-state index is 0.00444. The Morgan fingerprint density at radius 2 is 2.11 bits per heavy atom. The van der Waals surface area contributed by atoms with Crippen LogP contribution in [0.25, 0.3) is 0 Å². The van der Waals surface area contributed by atoms with Gasteiger partial charge in [0.15, 0.2) is 0 Å². The van der Waals surface area contributed by atoms with E-state index >= 15 is 0 Å². The summed E-state index contributed by atoms with van der Waals surface area (Å²) in [6.45, 7) is 2.31. The van der Waals surface area contributed by atoms with Crippen molar-refractivity contribution < 1.29 is 4.79 Å². The van der Waals surface area contributed by atoms with E-state index in [2.05, 4.69) is 10.3 Å². The maximum atomic E-state index is 11.7.